The molecule has 2 aliphatic carbocycles. The Balaban J connectivity index is 1.64. The fraction of sp³-hybridized carbons (Fsp3) is 0.529. The smallest absolute Gasteiger partial charge is 0.243 e. The van der Waals surface area contributed by atoms with Crippen LogP contribution in [0.15, 0.2) is 21.7 Å². The van der Waals surface area contributed by atoms with Crippen molar-refractivity contribution in [1.82, 2.24) is 5.43 Å². The predicted molar refractivity (Wildman–Crippen MR) is 91.9 cm³/mol. The second kappa shape index (κ2) is 6.91. The van der Waals surface area contributed by atoms with Gasteiger partial charge in [-0.15, -0.1) is 0 Å². The molecule has 0 aliphatic heterocycles. The van der Waals surface area contributed by atoms with Crippen molar-refractivity contribution in [2.45, 2.75) is 25.7 Å². The van der Waals surface area contributed by atoms with Gasteiger partial charge in [0, 0.05) is 17.5 Å². The van der Waals surface area contributed by atoms with E-state index in [0.29, 0.717) is 23.3 Å². The van der Waals surface area contributed by atoms with Crippen LogP contribution in [0.2, 0.25) is 0 Å². The van der Waals surface area contributed by atoms with Crippen LogP contribution in [-0.2, 0) is 4.79 Å². The molecule has 2 aliphatic rings. The summed E-state index contributed by atoms with van der Waals surface area (Å²) in [4.78, 5) is 12.2. The van der Waals surface area contributed by atoms with Crippen molar-refractivity contribution < 1.29 is 14.3 Å². The average molecular weight is 381 g/mol. The minimum absolute atomic E-state index is 0.0460. The highest BCUT2D eigenvalue weighted by atomic mass is 79.9. The molecule has 2 saturated carbocycles. The lowest BCUT2D eigenvalue weighted by Gasteiger charge is -2.09. The van der Waals surface area contributed by atoms with E-state index in [1.54, 1.807) is 26.5 Å². The third-order valence-electron chi connectivity index (χ3n) is 4.84. The van der Waals surface area contributed by atoms with Gasteiger partial charge in [-0.05, 0) is 46.7 Å². The van der Waals surface area contributed by atoms with Gasteiger partial charge in [-0.3, -0.25) is 4.79 Å². The molecular formula is C17H21BrN2O3. The van der Waals surface area contributed by atoms with Crippen LogP contribution in [-0.4, -0.2) is 26.3 Å². The molecule has 1 aromatic carbocycles. The van der Waals surface area contributed by atoms with Crippen molar-refractivity contribution in [3.05, 3.63) is 22.2 Å². The van der Waals surface area contributed by atoms with Crippen LogP contribution in [0, 0.1) is 17.8 Å². The van der Waals surface area contributed by atoms with Crippen molar-refractivity contribution >= 4 is 28.1 Å². The number of hydrogen-bond acceptors (Lipinski definition) is 4. The van der Waals surface area contributed by atoms with E-state index in [-0.39, 0.29) is 11.8 Å². The molecule has 2 atom stereocenters. The van der Waals surface area contributed by atoms with Crippen molar-refractivity contribution in [1.29, 1.82) is 0 Å². The lowest BCUT2D eigenvalue weighted by atomic mass is 10.0. The molecule has 0 heterocycles. The third-order valence-corrected chi connectivity index (χ3v) is 5.46. The van der Waals surface area contributed by atoms with Crippen LogP contribution in [0.3, 0.4) is 0 Å². The topological polar surface area (TPSA) is 59.9 Å². The molecule has 5 nitrogen and oxygen atoms in total. The fourth-order valence-electron chi connectivity index (χ4n) is 3.61. The van der Waals surface area contributed by atoms with E-state index in [4.69, 9.17) is 9.47 Å². The minimum Gasteiger partial charge on any atom is -0.496 e. The monoisotopic (exact) mass is 380 g/mol. The van der Waals surface area contributed by atoms with Crippen molar-refractivity contribution in [2.24, 2.45) is 22.9 Å². The summed E-state index contributed by atoms with van der Waals surface area (Å²) in [5, 5.41) is 4.10. The van der Waals surface area contributed by atoms with Crippen LogP contribution in [0.25, 0.3) is 0 Å². The highest BCUT2D eigenvalue weighted by molar-refractivity contribution is 9.10. The van der Waals surface area contributed by atoms with E-state index in [2.05, 4.69) is 26.5 Å². The zero-order chi connectivity index (χ0) is 16.4. The molecule has 124 valence electrons. The van der Waals surface area contributed by atoms with Crippen LogP contribution >= 0.6 is 15.9 Å². The van der Waals surface area contributed by atoms with E-state index in [0.717, 1.165) is 10.0 Å². The molecule has 1 N–H and O–H groups in total. The highest BCUT2D eigenvalue weighted by Gasteiger charge is 2.54. The number of ether oxygens (including phenoxy) is 2. The summed E-state index contributed by atoms with van der Waals surface area (Å²) >= 11 is 3.44. The number of methoxy groups -OCH3 is 2. The number of carbonyl (C=O) groups is 1. The summed E-state index contributed by atoms with van der Waals surface area (Å²) in [6.45, 7) is 0. The molecule has 0 radical (unpaired) electrons. The number of amides is 1. The SMILES string of the molecule is COc1cc(OC)c(C=NNC(=O)C2C3CCCCC32)cc1Br. The number of halogens is 1. The Morgan fingerprint density at radius 2 is 1.87 bits per heavy atom. The number of nitrogens with zero attached hydrogens (tertiary/aromatic N) is 1. The summed E-state index contributed by atoms with van der Waals surface area (Å²) in [6, 6.07) is 3.63. The predicted octanol–water partition coefficient (Wildman–Crippen LogP) is 3.35. The number of rotatable bonds is 5. The quantitative estimate of drug-likeness (QED) is 0.629. The molecular weight excluding hydrogens is 360 g/mol. The van der Waals surface area contributed by atoms with Crippen LogP contribution in [0.1, 0.15) is 31.2 Å². The lowest BCUT2D eigenvalue weighted by molar-refractivity contribution is -0.122. The summed E-state index contributed by atoms with van der Waals surface area (Å²) in [6.07, 6.45) is 6.49. The molecule has 1 aromatic rings. The normalized spacial score (nSPS) is 25.8. The summed E-state index contributed by atoms with van der Waals surface area (Å²) in [5.74, 6) is 2.71. The van der Waals surface area contributed by atoms with Gasteiger partial charge in [-0.2, -0.15) is 5.10 Å². The molecule has 0 bridgehead atoms. The van der Waals surface area contributed by atoms with Crippen LogP contribution in [0.4, 0.5) is 0 Å². The number of fused-ring (bicyclic) bond motifs is 1. The van der Waals surface area contributed by atoms with Gasteiger partial charge in [0.25, 0.3) is 0 Å². The standard InChI is InChI=1S/C17H21BrN2O3/c1-22-14-8-15(23-2)13(18)7-10(14)9-19-20-17(21)16-11-5-3-4-6-12(11)16/h7-9,11-12,16H,3-6H2,1-2H3,(H,20,21). The Hall–Kier alpha value is -1.56. The van der Waals surface area contributed by atoms with Gasteiger partial charge in [0.15, 0.2) is 0 Å². The molecule has 0 saturated heterocycles. The van der Waals surface area contributed by atoms with E-state index in [1.807, 2.05) is 6.07 Å². The third kappa shape index (κ3) is 3.37. The summed E-state index contributed by atoms with van der Waals surface area (Å²) < 4.78 is 11.4. The van der Waals surface area contributed by atoms with Crippen LogP contribution < -0.4 is 14.9 Å². The molecule has 1 amide bonds. The van der Waals surface area contributed by atoms with E-state index >= 15 is 0 Å². The Bertz CT molecular complexity index is 621. The Labute approximate surface area is 144 Å². The second-order valence-electron chi connectivity index (χ2n) is 6.10. The zero-order valence-electron chi connectivity index (χ0n) is 13.3. The number of nitrogens with one attached hydrogen (secondary N) is 1. The van der Waals surface area contributed by atoms with E-state index < -0.39 is 0 Å². The highest BCUT2D eigenvalue weighted by Crippen LogP contribution is 2.55. The van der Waals surface area contributed by atoms with Gasteiger partial charge in [0.2, 0.25) is 5.91 Å². The molecule has 2 unspecified atom stereocenters. The second-order valence-corrected chi connectivity index (χ2v) is 6.96. The van der Waals surface area contributed by atoms with Gasteiger partial charge in [0.05, 0.1) is 24.9 Å². The van der Waals surface area contributed by atoms with Crippen molar-refractivity contribution in [3.63, 3.8) is 0 Å². The molecule has 2 fully saturated rings. The molecule has 23 heavy (non-hydrogen) atoms. The van der Waals surface area contributed by atoms with Crippen molar-refractivity contribution in [3.8, 4) is 11.5 Å². The maximum absolute atomic E-state index is 12.2. The number of hydrazone groups is 1. The Morgan fingerprint density at radius 3 is 2.48 bits per heavy atom. The van der Waals surface area contributed by atoms with Gasteiger partial charge in [-0.1, -0.05) is 12.8 Å². The number of hydrogen-bond donors (Lipinski definition) is 1. The lowest BCUT2D eigenvalue weighted by Crippen LogP contribution is -2.20. The zero-order valence-corrected chi connectivity index (χ0v) is 14.9. The Morgan fingerprint density at radius 1 is 1.22 bits per heavy atom. The largest absolute Gasteiger partial charge is 0.496 e. The molecule has 0 spiro atoms. The van der Waals surface area contributed by atoms with Gasteiger partial charge >= 0.3 is 0 Å². The van der Waals surface area contributed by atoms with Gasteiger partial charge < -0.3 is 9.47 Å². The summed E-state index contributed by atoms with van der Waals surface area (Å²) in [7, 11) is 3.19. The van der Waals surface area contributed by atoms with Crippen LogP contribution in [0.5, 0.6) is 11.5 Å². The molecule has 0 aromatic heterocycles. The van der Waals surface area contributed by atoms with Crippen molar-refractivity contribution in [2.75, 3.05) is 14.2 Å². The fourth-order valence-corrected chi connectivity index (χ4v) is 4.13. The number of carbonyl (C=O) groups excluding carboxylic acids is 1. The van der Waals surface area contributed by atoms with E-state index in [1.165, 1.54) is 25.7 Å². The first-order valence-electron chi connectivity index (χ1n) is 7.90. The van der Waals surface area contributed by atoms with E-state index in [9.17, 15) is 4.79 Å². The molecule has 3 rings (SSSR count). The maximum Gasteiger partial charge on any atom is 0.243 e. The number of benzene rings is 1. The molecule has 6 heteroatoms. The first-order chi connectivity index (χ1) is 11.2. The minimum atomic E-state index is 0.0460. The maximum atomic E-state index is 12.2. The summed E-state index contributed by atoms with van der Waals surface area (Å²) in [5.41, 5.74) is 3.45. The van der Waals surface area contributed by atoms with Gasteiger partial charge in [-0.25, -0.2) is 5.43 Å². The first kappa shape index (κ1) is 16.3. The first-order valence-corrected chi connectivity index (χ1v) is 8.69. The van der Waals surface area contributed by atoms with Gasteiger partial charge in [0.1, 0.15) is 11.5 Å². The Kier molecular flexibility index (Phi) is 4.90. The average Bonchev–Trinajstić information content (AvgIpc) is 3.29.